The summed E-state index contributed by atoms with van der Waals surface area (Å²) in [7, 11) is 0. The van der Waals surface area contributed by atoms with E-state index in [0.717, 1.165) is 39.0 Å². The molecule has 0 saturated heterocycles. The Bertz CT molecular complexity index is 1280. The number of benzene rings is 3. The van der Waals surface area contributed by atoms with Crippen LogP contribution in [0.5, 0.6) is 11.5 Å². The molecule has 0 atom stereocenters. The summed E-state index contributed by atoms with van der Waals surface area (Å²) in [5, 5.41) is 0.557. The number of ether oxygens (including phenoxy) is 2. The minimum atomic E-state index is 0.206. The standard InChI is InChI=1S/C23H17ClN2O3/c1-13-3-6-18-20(7-13)29-23(26-18)15-5-4-14(2)19(8-15)25-11-16-9-21-22(10-17(16)24)28-12-27-21/h3-11H,12H2,1-2H3. The Balaban J connectivity index is 1.50. The third-order valence-electron chi connectivity index (χ3n) is 4.83. The van der Waals surface area contributed by atoms with Gasteiger partial charge in [0.05, 0.1) is 10.7 Å². The number of aliphatic imine (C=N–C) groups is 1. The van der Waals surface area contributed by atoms with Crippen LogP contribution in [0.4, 0.5) is 5.69 Å². The van der Waals surface area contributed by atoms with Crippen LogP contribution in [0.25, 0.3) is 22.6 Å². The number of oxazole rings is 1. The van der Waals surface area contributed by atoms with E-state index in [1.807, 2.05) is 56.3 Å². The number of hydrogen-bond donors (Lipinski definition) is 0. The van der Waals surface area contributed by atoms with Crippen LogP contribution in [0.1, 0.15) is 16.7 Å². The van der Waals surface area contributed by atoms with Crippen molar-refractivity contribution in [3.8, 4) is 23.0 Å². The molecule has 29 heavy (non-hydrogen) atoms. The summed E-state index contributed by atoms with van der Waals surface area (Å²) in [4.78, 5) is 9.24. The summed E-state index contributed by atoms with van der Waals surface area (Å²) in [6, 6.07) is 15.5. The number of aromatic nitrogens is 1. The number of hydrogen-bond acceptors (Lipinski definition) is 5. The smallest absolute Gasteiger partial charge is 0.231 e. The van der Waals surface area contributed by atoms with E-state index in [1.54, 1.807) is 12.3 Å². The molecule has 5 nitrogen and oxygen atoms in total. The number of aryl methyl sites for hydroxylation is 2. The fraction of sp³-hybridized carbons (Fsp3) is 0.130. The predicted molar refractivity (Wildman–Crippen MR) is 114 cm³/mol. The minimum Gasteiger partial charge on any atom is -0.454 e. The second kappa shape index (κ2) is 6.94. The number of fused-ring (bicyclic) bond motifs is 2. The van der Waals surface area contributed by atoms with Crippen LogP contribution >= 0.6 is 11.6 Å². The molecule has 0 N–H and O–H groups in total. The van der Waals surface area contributed by atoms with E-state index in [9.17, 15) is 0 Å². The summed E-state index contributed by atoms with van der Waals surface area (Å²) >= 11 is 6.35. The van der Waals surface area contributed by atoms with Gasteiger partial charge in [-0.1, -0.05) is 23.7 Å². The zero-order chi connectivity index (χ0) is 20.0. The first-order chi connectivity index (χ1) is 14.1. The molecule has 2 heterocycles. The summed E-state index contributed by atoms with van der Waals surface area (Å²) in [6.07, 6.45) is 1.73. The van der Waals surface area contributed by atoms with Crippen LogP contribution in [-0.4, -0.2) is 18.0 Å². The van der Waals surface area contributed by atoms with Gasteiger partial charge in [0, 0.05) is 23.4 Å². The molecule has 6 heteroatoms. The van der Waals surface area contributed by atoms with Gasteiger partial charge >= 0.3 is 0 Å². The highest BCUT2D eigenvalue weighted by Crippen LogP contribution is 2.36. The van der Waals surface area contributed by atoms with Crippen molar-refractivity contribution in [3.05, 3.63) is 70.2 Å². The second-order valence-corrected chi connectivity index (χ2v) is 7.38. The van der Waals surface area contributed by atoms with Crippen molar-refractivity contribution < 1.29 is 13.9 Å². The van der Waals surface area contributed by atoms with Crippen molar-refractivity contribution >= 4 is 34.6 Å². The Labute approximate surface area is 172 Å². The van der Waals surface area contributed by atoms with E-state index >= 15 is 0 Å². The lowest BCUT2D eigenvalue weighted by molar-refractivity contribution is 0.174. The Morgan fingerprint density at radius 1 is 1.00 bits per heavy atom. The van der Waals surface area contributed by atoms with E-state index in [1.165, 1.54) is 0 Å². The number of halogens is 1. The third-order valence-corrected chi connectivity index (χ3v) is 5.16. The van der Waals surface area contributed by atoms with Gasteiger partial charge in [0.15, 0.2) is 17.1 Å². The molecule has 1 aliphatic rings. The first-order valence-electron chi connectivity index (χ1n) is 9.18. The van der Waals surface area contributed by atoms with Crippen LogP contribution in [0.2, 0.25) is 5.02 Å². The first-order valence-corrected chi connectivity index (χ1v) is 9.56. The normalized spacial score (nSPS) is 12.9. The highest BCUT2D eigenvalue weighted by Gasteiger charge is 2.16. The lowest BCUT2D eigenvalue weighted by atomic mass is 10.1. The van der Waals surface area contributed by atoms with Gasteiger partial charge in [0.25, 0.3) is 0 Å². The van der Waals surface area contributed by atoms with E-state index in [4.69, 9.17) is 25.5 Å². The average molecular weight is 405 g/mol. The molecule has 0 radical (unpaired) electrons. The molecule has 144 valence electrons. The van der Waals surface area contributed by atoms with Crippen molar-refractivity contribution in [2.75, 3.05) is 6.79 Å². The maximum Gasteiger partial charge on any atom is 0.231 e. The zero-order valence-corrected chi connectivity index (χ0v) is 16.7. The van der Waals surface area contributed by atoms with Gasteiger partial charge in [0.2, 0.25) is 12.7 Å². The van der Waals surface area contributed by atoms with Crippen molar-refractivity contribution in [3.63, 3.8) is 0 Å². The van der Waals surface area contributed by atoms with Crippen molar-refractivity contribution in [1.82, 2.24) is 4.98 Å². The van der Waals surface area contributed by atoms with Gasteiger partial charge in [-0.3, -0.25) is 4.99 Å². The van der Waals surface area contributed by atoms with Gasteiger partial charge in [-0.15, -0.1) is 0 Å². The van der Waals surface area contributed by atoms with Gasteiger partial charge in [-0.25, -0.2) is 4.98 Å². The molecule has 1 aliphatic heterocycles. The minimum absolute atomic E-state index is 0.206. The first kappa shape index (κ1) is 17.8. The molecular weight excluding hydrogens is 388 g/mol. The molecule has 0 spiro atoms. The SMILES string of the molecule is Cc1ccc2nc(-c3ccc(C)c(N=Cc4cc5c(cc4Cl)OCO5)c3)oc2c1. The van der Waals surface area contributed by atoms with Gasteiger partial charge in [0.1, 0.15) is 5.52 Å². The van der Waals surface area contributed by atoms with Crippen molar-refractivity contribution in [2.24, 2.45) is 4.99 Å². The van der Waals surface area contributed by atoms with Gasteiger partial charge < -0.3 is 13.9 Å². The van der Waals surface area contributed by atoms with E-state index in [2.05, 4.69) is 9.98 Å². The predicted octanol–water partition coefficient (Wildman–Crippen LogP) is 6.24. The Hall–Kier alpha value is -3.31. The van der Waals surface area contributed by atoms with Gasteiger partial charge in [-0.2, -0.15) is 0 Å². The third kappa shape index (κ3) is 3.34. The van der Waals surface area contributed by atoms with Crippen LogP contribution in [0.15, 0.2) is 57.9 Å². The number of rotatable bonds is 3. The fourth-order valence-electron chi connectivity index (χ4n) is 3.21. The summed E-state index contributed by atoms with van der Waals surface area (Å²) in [6.45, 7) is 4.24. The lowest BCUT2D eigenvalue weighted by Crippen LogP contribution is -1.92. The Morgan fingerprint density at radius 2 is 1.83 bits per heavy atom. The zero-order valence-electron chi connectivity index (χ0n) is 15.9. The molecule has 0 fully saturated rings. The fourth-order valence-corrected chi connectivity index (χ4v) is 3.41. The second-order valence-electron chi connectivity index (χ2n) is 6.98. The largest absolute Gasteiger partial charge is 0.454 e. The lowest BCUT2D eigenvalue weighted by Gasteiger charge is -2.04. The molecule has 1 aromatic heterocycles. The molecule has 4 aromatic rings. The van der Waals surface area contributed by atoms with Crippen LogP contribution < -0.4 is 9.47 Å². The molecule has 0 saturated carbocycles. The van der Waals surface area contributed by atoms with Crippen LogP contribution in [-0.2, 0) is 0 Å². The Kier molecular flexibility index (Phi) is 4.25. The monoisotopic (exact) mass is 404 g/mol. The van der Waals surface area contributed by atoms with E-state index < -0.39 is 0 Å². The molecule has 3 aromatic carbocycles. The molecule has 5 rings (SSSR count). The van der Waals surface area contributed by atoms with E-state index in [-0.39, 0.29) is 6.79 Å². The number of nitrogens with zero attached hydrogens (tertiary/aromatic N) is 2. The molecule has 0 amide bonds. The molecule has 0 bridgehead atoms. The summed E-state index contributed by atoms with van der Waals surface area (Å²) in [5.41, 5.74) is 6.23. The maximum absolute atomic E-state index is 6.35. The molecule has 0 unspecified atom stereocenters. The van der Waals surface area contributed by atoms with Crippen LogP contribution in [0.3, 0.4) is 0 Å². The van der Waals surface area contributed by atoms with Crippen molar-refractivity contribution in [2.45, 2.75) is 13.8 Å². The molecular formula is C23H17ClN2O3. The highest BCUT2D eigenvalue weighted by atomic mass is 35.5. The average Bonchev–Trinajstić information content (AvgIpc) is 3.33. The quantitative estimate of drug-likeness (QED) is 0.379. The molecule has 0 aliphatic carbocycles. The topological polar surface area (TPSA) is 56.9 Å². The summed E-state index contributed by atoms with van der Waals surface area (Å²) < 4.78 is 16.7. The highest BCUT2D eigenvalue weighted by molar-refractivity contribution is 6.33. The summed E-state index contributed by atoms with van der Waals surface area (Å²) in [5.74, 6) is 1.89. The maximum atomic E-state index is 6.35. The Morgan fingerprint density at radius 3 is 2.69 bits per heavy atom. The van der Waals surface area contributed by atoms with E-state index in [0.29, 0.717) is 22.4 Å². The van der Waals surface area contributed by atoms with Gasteiger partial charge in [-0.05, 0) is 55.3 Å². The van der Waals surface area contributed by atoms with Crippen LogP contribution in [0, 0.1) is 13.8 Å². The van der Waals surface area contributed by atoms with Crippen molar-refractivity contribution in [1.29, 1.82) is 0 Å².